The zero-order valence-corrected chi connectivity index (χ0v) is 15.5. The number of hydrogen-bond acceptors (Lipinski definition) is 4. The van der Waals surface area contributed by atoms with Crippen molar-refractivity contribution in [3.8, 4) is 5.75 Å². The highest BCUT2D eigenvalue weighted by molar-refractivity contribution is 5.86. The van der Waals surface area contributed by atoms with Gasteiger partial charge in [0.2, 0.25) is 0 Å². The molecule has 2 rings (SSSR count). The van der Waals surface area contributed by atoms with E-state index in [0.717, 1.165) is 5.56 Å². The number of benzene rings is 2. The largest absolute Gasteiger partial charge is 0.444 e. The first kappa shape index (κ1) is 19.3. The van der Waals surface area contributed by atoms with E-state index in [0.29, 0.717) is 18.0 Å². The maximum Gasteiger partial charge on any atom is 0.417 e. The van der Waals surface area contributed by atoms with Crippen LogP contribution in [0.25, 0.3) is 0 Å². The van der Waals surface area contributed by atoms with Gasteiger partial charge in [0.05, 0.1) is 0 Å². The van der Waals surface area contributed by atoms with E-state index in [-0.39, 0.29) is 6.09 Å². The van der Waals surface area contributed by atoms with Crippen molar-refractivity contribution in [1.29, 1.82) is 0 Å². The summed E-state index contributed by atoms with van der Waals surface area (Å²) >= 11 is 0. The van der Waals surface area contributed by atoms with Gasteiger partial charge in [-0.1, -0.05) is 30.3 Å². The average molecular weight is 356 g/mol. The van der Waals surface area contributed by atoms with Crippen LogP contribution in [-0.4, -0.2) is 29.7 Å². The maximum atomic E-state index is 12.0. The molecule has 138 valence electrons. The summed E-state index contributed by atoms with van der Waals surface area (Å²) in [5.41, 5.74) is 0.994. The van der Waals surface area contributed by atoms with E-state index in [1.165, 1.54) is 4.90 Å². The molecule has 0 bridgehead atoms. The lowest BCUT2D eigenvalue weighted by Gasteiger charge is -2.24. The molecule has 2 aromatic carbocycles. The summed E-state index contributed by atoms with van der Waals surface area (Å²) in [4.78, 5) is 25.3. The highest BCUT2D eigenvalue weighted by Crippen LogP contribution is 2.15. The Morgan fingerprint density at radius 2 is 1.62 bits per heavy atom. The number of ether oxygens (including phenoxy) is 2. The van der Waals surface area contributed by atoms with Crippen LogP contribution in [0.15, 0.2) is 54.6 Å². The fraction of sp³-hybridized carbons (Fsp3) is 0.300. The van der Waals surface area contributed by atoms with Gasteiger partial charge in [-0.05, 0) is 50.6 Å². The molecule has 0 unspecified atom stereocenters. The highest BCUT2D eigenvalue weighted by Gasteiger charge is 2.19. The van der Waals surface area contributed by atoms with Gasteiger partial charge in [0.25, 0.3) is 0 Å². The van der Waals surface area contributed by atoms with Crippen molar-refractivity contribution in [2.75, 3.05) is 12.4 Å². The lowest BCUT2D eigenvalue weighted by Crippen LogP contribution is -2.33. The number of nitrogens with zero attached hydrogens (tertiary/aromatic N) is 1. The summed E-state index contributed by atoms with van der Waals surface area (Å²) in [6, 6.07) is 16.0. The Balaban J connectivity index is 1.87. The Morgan fingerprint density at radius 1 is 1.00 bits per heavy atom. The second-order valence-electron chi connectivity index (χ2n) is 6.86. The molecule has 0 aromatic heterocycles. The lowest BCUT2D eigenvalue weighted by molar-refractivity contribution is 0.0285. The minimum absolute atomic E-state index is 0.383. The van der Waals surface area contributed by atoms with Crippen LogP contribution in [0.5, 0.6) is 5.75 Å². The molecule has 0 fully saturated rings. The molecule has 0 aliphatic heterocycles. The van der Waals surface area contributed by atoms with Gasteiger partial charge in [-0.15, -0.1) is 0 Å². The Kier molecular flexibility index (Phi) is 6.22. The number of amides is 2. The van der Waals surface area contributed by atoms with Crippen LogP contribution in [0.1, 0.15) is 26.3 Å². The lowest BCUT2D eigenvalue weighted by atomic mass is 10.2. The first-order valence-electron chi connectivity index (χ1n) is 8.30. The van der Waals surface area contributed by atoms with Crippen LogP contribution in [0.2, 0.25) is 0 Å². The van der Waals surface area contributed by atoms with E-state index < -0.39 is 11.7 Å². The van der Waals surface area contributed by atoms with Crippen molar-refractivity contribution < 1.29 is 19.1 Å². The van der Waals surface area contributed by atoms with Crippen LogP contribution < -0.4 is 10.1 Å². The summed E-state index contributed by atoms with van der Waals surface area (Å²) in [5.74, 6) is 0.473. The molecule has 0 spiro atoms. The molecule has 6 nitrogen and oxygen atoms in total. The maximum absolute atomic E-state index is 12.0. The molecule has 0 saturated carbocycles. The number of rotatable bonds is 4. The molecular weight excluding hydrogens is 332 g/mol. The second kappa shape index (κ2) is 8.38. The Bertz CT molecular complexity index is 737. The Labute approximate surface area is 153 Å². The molecule has 26 heavy (non-hydrogen) atoms. The zero-order valence-electron chi connectivity index (χ0n) is 15.5. The minimum atomic E-state index is -0.560. The van der Waals surface area contributed by atoms with Crippen molar-refractivity contribution >= 4 is 17.9 Å². The molecule has 0 atom stereocenters. The third kappa shape index (κ3) is 6.47. The molecule has 2 aromatic rings. The number of carbonyl (C=O) groups excluding carboxylic acids is 2. The van der Waals surface area contributed by atoms with E-state index in [9.17, 15) is 9.59 Å². The minimum Gasteiger partial charge on any atom is -0.444 e. The molecular formula is C20H24N2O4. The molecule has 0 aliphatic carbocycles. The van der Waals surface area contributed by atoms with Crippen molar-refractivity contribution in [2.45, 2.75) is 32.9 Å². The summed E-state index contributed by atoms with van der Waals surface area (Å²) in [5, 5.41) is 2.66. The fourth-order valence-electron chi connectivity index (χ4n) is 2.11. The van der Waals surface area contributed by atoms with Crippen LogP contribution in [0.3, 0.4) is 0 Å². The van der Waals surface area contributed by atoms with Gasteiger partial charge in [0, 0.05) is 19.3 Å². The van der Waals surface area contributed by atoms with E-state index in [1.54, 1.807) is 43.4 Å². The topological polar surface area (TPSA) is 67.9 Å². The molecule has 0 heterocycles. The molecule has 1 N–H and O–H groups in total. The van der Waals surface area contributed by atoms with E-state index in [2.05, 4.69) is 5.32 Å². The monoisotopic (exact) mass is 356 g/mol. The van der Waals surface area contributed by atoms with Gasteiger partial charge in [-0.25, -0.2) is 9.59 Å². The third-order valence-electron chi connectivity index (χ3n) is 3.28. The molecule has 0 aliphatic rings. The highest BCUT2D eigenvalue weighted by atomic mass is 16.6. The molecule has 0 radical (unpaired) electrons. The van der Waals surface area contributed by atoms with Crippen molar-refractivity contribution in [1.82, 2.24) is 4.90 Å². The average Bonchev–Trinajstić information content (AvgIpc) is 2.56. The van der Waals surface area contributed by atoms with Gasteiger partial charge in [0.15, 0.2) is 0 Å². The van der Waals surface area contributed by atoms with Gasteiger partial charge in [-0.2, -0.15) is 0 Å². The fourth-order valence-corrected chi connectivity index (χ4v) is 2.11. The summed E-state index contributed by atoms with van der Waals surface area (Å²) < 4.78 is 10.5. The number of hydrogen-bond donors (Lipinski definition) is 1. The number of carbonyl (C=O) groups is 2. The van der Waals surface area contributed by atoms with Gasteiger partial charge < -0.3 is 14.4 Å². The molecule has 6 heteroatoms. The normalized spacial score (nSPS) is 10.8. The van der Waals surface area contributed by atoms with Crippen molar-refractivity contribution in [3.05, 3.63) is 60.2 Å². The Hall–Kier alpha value is -3.02. The quantitative estimate of drug-likeness (QED) is 0.865. The van der Waals surface area contributed by atoms with Gasteiger partial charge in [-0.3, -0.25) is 5.32 Å². The van der Waals surface area contributed by atoms with E-state index in [1.807, 2.05) is 39.0 Å². The van der Waals surface area contributed by atoms with Crippen molar-refractivity contribution in [2.24, 2.45) is 0 Å². The predicted octanol–water partition coefficient (Wildman–Crippen LogP) is 4.66. The smallest absolute Gasteiger partial charge is 0.417 e. The van der Waals surface area contributed by atoms with Crippen LogP contribution >= 0.6 is 0 Å². The number of para-hydroxylation sites is 1. The Morgan fingerprint density at radius 3 is 2.19 bits per heavy atom. The SMILES string of the molecule is CN(Cc1ccc(NC(=O)Oc2ccccc2)cc1)C(=O)OC(C)(C)C. The van der Waals surface area contributed by atoms with Gasteiger partial charge in [0.1, 0.15) is 11.4 Å². The van der Waals surface area contributed by atoms with E-state index >= 15 is 0 Å². The summed E-state index contributed by atoms with van der Waals surface area (Å²) in [7, 11) is 1.68. The number of nitrogens with one attached hydrogen (secondary N) is 1. The van der Waals surface area contributed by atoms with Crippen LogP contribution in [0.4, 0.5) is 15.3 Å². The van der Waals surface area contributed by atoms with E-state index in [4.69, 9.17) is 9.47 Å². The number of anilines is 1. The predicted molar refractivity (Wildman–Crippen MR) is 100 cm³/mol. The molecule has 2 amide bonds. The summed E-state index contributed by atoms with van der Waals surface area (Å²) in [6.45, 7) is 5.89. The zero-order chi connectivity index (χ0) is 19.2. The first-order chi connectivity index (χ1) is 12.2. The van der Waals surface area contributed by atoms with Crippen molar-refractivity contribution in [3.63, 3.8) is 0 Å². The third-order valence-corrected chi connectivity index (χ3v) is 3.28. The first-order valence-corrected chi connectivity index (χ1v) is 8.30. The van der Waals surface area contributed by atoms with Crippen LogP contribution in [0, 0.1) is 0 Å². The van der Waals surface area contributed by atoms with Gasteiger partial charge >= 0.3 is 12.2 Å². The summed E-state index contributed by atoms with van der Waals surface area (Å²) in [6.07, 6.45) is -0.944. The van der Waals surface area contributed by atoms with Crippen LogP contribution in [-0.2, 0) is 11.3 Å². The second-order valence-corrected chi connectivity index (χ2v) is 6.86. The standard InChI is InChI=1S/C20H24N2O4/c1-20(2,3)26-19(24)22(4)14-15-10-12-16(13-11-15)21-18(23)25-17-8-6-5-7-9-17/h5-13H,14H2,1-4H3,(H,21,23). The molecule has 0 saturated heterocycles.